The third-order valence-corrected chi connectivity index (χ3v) is 13.5. The van der Waals surface area contributed by atoms with E-state index < -0.39 is 89.9 Å². The molecule has 18 heteroatoms. The molecule has 5 rings (SSSR count). The number of hydrogen-bond donors (Lipinski definition) is 0. The third kappa shape index (κ3) is 9.99. The summed E-state index contributed by atoms with van der Waals surface area (Å²) in [7, 11) is 0. The van der Waals surface area contributed by atoms with Gasteiger partial charge < -0.3 is 33.2 Å². The molecule has 0 aromatic rings. The molecule has 0 spiro atoms. The summed E-state index contributed by atoms with van der Waals surface area (Å²) >= 11 is 0. The van der Waals surface area contributed by atoms with Crippen LogP contribution in [0, 0.1) is 33.0 Å². The van der Waals surface area contributed by atoms with Crippen molar-refractivity contribution in [3.8, 4) is 0 Å². The van der Waals surface area contributed by atoms with Crippen LogP contribution in [0.4, 0.5) is 30.7 Å². The molecule has 2 aliphatic carbocycles. The van der Waals surface area contributed by atoms with Crippen LogP contribution in [0.2, 0.25) is 0 Å². The van der Waals surface area contributed by atoms with E-state index in [0.717, 1.165) is 18.8 Å². The minimum Gasteiger partial charge on any atom is -0.461 e. The predicted molar refractivity (Wildman–Crippen MR) is 197 cm³/mol. The van der Waals surface area contributed by atoms with Crippen molar-refractivity contribution in [2.45, 2.75) is 196 Å². The lowest BCUT2D eigenvalue weighted by molar-refractivity contribution is -0.360. The molecule has 0 aromatic carbocycles. The number of hydrogen-bond acceptors (Lipinski definition) is 11. The Kier molecular flexibility index (Phi) is 14.5. The summed E-state index contributed by atoms with van der Waals surface area (Å²) in [5, 5.41) is 0. The second-order valence-corrected chi connectivity index (χ2v) is 19.4. The van der Waals surface area contributed by atoms with E-state index in [4.69, 9.17) is 28.4 Å². The summed E-state index contributed by atoms with van der Waals surface area (Å²) in [5.74, 6) is -14.2. The predicted octanol–water partition coefficient (Wildman–Crippen LogP) is 9.12. The molecule has 5 fully saturated rings. The Balaban J connectivity index is 0.000000238. The lowest BCUT2D eigenvalue weighted by Crippen LogP contribution is -2.54. The second-order valence-electron chi connectivity index (χ2n) is 19.4. The summed E-state index contributed by atoms with van der Waals surface area (Å²) in [6, 6.07) is 0. The maximum atomic E-state index is 12.8. The smallest absolute Gasteiger partial charge is 0.460 e. The average molecular weight is 865 g/mol. The quantitative estimate of drug-likeness (QED) is 0.112. The Morgan fingerprint density at radius 2 is 1.20 bits per heavy atom. The number of alkyl halides is 7. The number of carbonyl (C=O) groups is 4. The van der Waals surface area contributed by atoms with E-state index >= 15 is 0 Å². The molecular weight excluding hydrogens is 801 g/mol. The van der Waals surface area contributed by atoms with Crippen LogP contribution >= 0.6 is 0 Å². The fraction of sp³-hybridized carbons (Fsp3) is 0.902. The fourth-order valence-corrected chi connectivity index (χ4v) is 7.29. The molecule has 0 radical (unpaired) electrons. The van der Waals surface area contributed by atoms with Gasteiger partial charge in [0, 0.05) is 5.41 Å². The molecule has 5 aliphatic rings. The van der Waals surface area contributed by atoms with Crippen LogP contribution in [0.3, 0.4) is 0 Å². The minimum absolute atomic E-state index is 0.0143. The van der Waals surface area contributed by atoms with Gasteiger partial charge in [0.05, 0.1) is 16.2 Å². The average Bonchev–Trinajstić information content (AvgIpc) is 3.82. The van der Waals surface area contributed by atoms with Crippen LogP contribution < -0.4 is 0 Å². The van der Waals surface area contributed by atoms with Gasteiger partial charge in [-0.05, 0) is 105 Å². The number of ether oxygens (including phenoxy) is 7. The molecule has 2 saturated carbocycles. The highest BCUT2D eigenvalue weighted by molar-refractivity contribution is 5.84. The first kappa shape index (κ1) is 50.6. The van der Waals surface area contributed by atoms with Crippen molar-refractivity contribution in [1.29, 1.82) is 0 Å². The van der Waals surface area contributed by atoms with Crippen molar-refractivity contribution in [2.24, 2.45) is 33.0 Å². The molecule has 342 valence electrons. The monoisotopic (exact) mass is 864 g/mol. The van der Waals surface area contributed by atoms with Crippen LogP contribution in [0.1, 0.15) is 135 Å². The zero-order chi connectivity index (χ0) is 45.8. The number of halogens is 7. The molecule has 0 aromatic heterocycles. The Hall–Kier alpha value is -2.73. The number of rotatable bonds is 11. The standard InChI is InChI=1S/C16H28O2.C15H22O7.C10H13F7O2/c1-7-14(2,3)13(17)18-12-10-11-8-9-16(12,6)15(11,4)5;1-6-14(2,3)13(17)20-9-7-8(18-11(9)16)10-12(19-7)22-15(4,5)21-10;1-4-7(2,3)6(18)19-5-8(11,12)9(13,14)10(15,16)17/h11-12H,7-10H2,1-6H3;7-10,12H,6H2,1-5H3;4-5H2,1-3H3. The van der Waals surface area contributed by atoms with Gasteiger partial charge in [0.1, 0.15) is 12.2 Å². The fourth-order valence-electron chi connectivity index (χ4n) is 7.29. The molecule has 8 atom stereocenters. The van der Waals surface area contributed by atoms with Crippen molar-refractivity contribution in [1.82, 2.24) is 0 Å². The van der Waals surface area contributed by atoms with E-state index in [-0.39, 0.29) is 29.3 Å². The zero-order valence-corrected chi connectivity index (χ0v) is 36.6. The van der Waals surface area contributed by atoms with Crippen LogP contribution in [-0.4, -0.2) is 91.1 Å². The summed E-state index contributed by atoms with van der Waals surface area (Å²) in [4.78, 5) is 47.7. The molecule has 0 amide bonds. The highest BCUT2D eigenvalue weighted by Crippen LogP contribution is 2.66. The number of carbonyl (C=O) groups excluding carboxylic acids is 4. The summed E-state index contributed by atoms with van der Waals surface area (Å²) in [5.41, 5.74) is -1.76. The highest BCUT2D eigenvalue weighted by Gasteiger charge is 2.73. The topological polar surface area (TPSA) is 133 Å². The van der Waals surface area contributed by atoms with Gasteiger partial charge >= 0.3 is 41.9 Å². The van der Waals surface area contributed by atoms with Crippen LogP contribution in [0.25, 0.3) is 0 Å². The van der Waals surface area contributed by atoms with Gasteiger partial charge in [-0.2, -0.15) is 30.7 Å². The van der Waals surface area contributed by atoms with E-state index in [1.165, 1.54) is 33.6 Å². The van der Waals surface area contributed by atoms with E-state index in [9.17, 15) is 49.9 Å². The number of fused-ring (bicyclic) bond motifs is 5. The summed E-state index contributed by atoms with van der Waals surface area (Å²) in [6.07, 6.45) is -4.61. The van der Waals surface area contributed by atoms with E-state index in [1.807, 2.05) is 27.7 Å². The Bertz CT molecular complexity index is 1560. The molecule has 3 aliphatic heterocycles. The molecule has 11 nitrogen and oxygen atoms in total. The molecule has 0 N–H and O–H groups in total. The largest absolute Gasteiger partial charge is 0.461 e. The maximum absolute atomic E-state index is 12.8. The third-order valence-electron chi connectivity index (χ3n) is 13.5. The van der Waals surface area contributed by atoms with Gasteiger partial charge in [-0.1, -0.05) is 41.5 Å². The van der Waals surface area contributed by atoms with Gasteiger partial charge in [-0.15, -0.1) is 0 Å². The van der Waals surface area contributed by atoms with Crippen molar-refractivity contribution in [3.05, 3.63) is 0 Å². The van der Waals surface area contributed by atoms with Gasteiger partial charge in [0.15, 0.2) is 30.9 Å². The van der Waals surface area contributed by atoms with Gasteiger partial charge in [-0.25, -0.2) is 4.79 Å². The lowest BCUT2D eigenvalue weighted by atomic mass is 9.70. The Morgan fingerprint density at radius 1 is 0.712 bits per heavy atom. The van der Waals surface area contributed by atoms with Gasteiger partial charge in [0.25, 0.3) is 0 Å². The van der Waals surface area contributed by atoms with Gasteiger partial charge in [0.2, 0.25) is 6.10 Å². The van der Waals surface area contributed by atoms with Gasteiger partial charge in [-0.3, -0.25) is 14.4 Å². The molecule has 3 heterocycles. The Morgan fingerprint density at radius 3 is 1.64 bits per heavy atom. The molecular formula is C41H63F7O11. The molecule has 3 saturated heterocycles. The molecule has 2 bridgehead atoms. The normalized spacial score (nSPS) is 30.9. The van der Waals surface area contributed by atoms with Crippen LogP contribution in [0.15, 0.2) is 0 Å². The minimum atomic E-state index is -6.43. The first-order valence-electron chi connectivity index (χ1n) is 20.1. The van der Waals surface area contributed by atoms with Crippen molar-refractivity contribution in [2.75, 3.05) is 6.61 Å². The molecule has 59 heavy (non-hydrogen) atoms. The summed E-state index contributed by atoms with van der Waals surface area (Å²) in [6.45, 7) is 23.7. The second kappa shape index (κ2) is 16.9. The number of esters is 4. The van der Waals surface area contributed by atoms with Crippen molar-refractivity contribution >= 4 is 23.9 Å². The first-order chi connectivity index (χ1) is 26.5. The first-order valence-corrected chi connectivity index (χ1v) is 20.1. The zero-order valence-electron chi connectivity index (χ0n) is 36.6. The van der Waals surface area contributed by atoms with Crippen LogP contribution in [0.5, 0.6) is 0 Å². The van der Waals surface area contributed by atoms with Crippen LogP contribution in [-0.2, 0) is 52.3 Å². The lowest BCUT2D eigenvalue weighted by Gasteiger charge is -2.39. The Labute approximate surface area is 342 Å². The SMILES string of the molecule is CCC(C)(C)C(=O)OC1C(=O)OC2C3OC(C)(C)OC3OC12.CCC(C)(C)C(=O)OC1CC2CCC1(C)C2(C)C.CCC(C)(C)C(=O)OCC(F)(F)C(F)(F)C(F)(F)F. The summed E-state index contributed by atoms with van der Waals surface area (Å²) < 4.78 is 123. The van der Waals surface area contributed by atoms with Crippen molar-refractivity contribution in [3.63, 3.8) is 0 Å². The maximum Gasteiger partial charge on any atom is 0.460 e. The van der Waals surface area contributed by atoms with E-state index in [0.29, 0.717) is 11.8 Å². The van der Waals surface area contributed by atoms with E-state index in [1.54, 1.807) is 27.7 Å². The van der Waals surface area contributed by atoms with E-state index in [2.05, 4.69) is 25.5 Å². The van der Waals surface area contributed by atoms with Crippen molar-refractivity contribution < 1.29 is 83.1 Å². The molecule has 8 unspecified atom stereocenters. The highest BCUT2D eigenvalue weighted by atomic mass is 19.4.